The van der Waals surface area contributed by atoms with E-state index in [0.29, 0.717) is 6.04 Å². The Hall–Kier alpha value is -1.51. The lowest BCUT2D eigenvalue weighted by Crippen LogP contribution is -2.27. The second-order valence-electron chi connectivity index (χ2n) is 3.84. The SMILES string of the molecule is c1cc(NC2CCC2)n2ccnc2c1. The van der Waals surface area contributed by atoms with Gasteiger partial charge in [-0.15, -0.1) is 0 Å². The summed E-state index contributed by atoms with van der Waals surface area (Å²) in [6.07, 6.45) is 7.78. The number of nitrogens with one attached hydrogen (secondary N) is 1. The van der Waals surface area contributed by atoms with Gasteiger partial charge in [-0.1, -0.05) is 6.07 Å². The molecule has 0 bridgehead atoms. The summed E-state index contributed by atoms with van der Waals surface area (Å²) < 4.78 is 2.10. The average molecular weight is 187 g/mol. The van der Waals surface area contributed by atoms with Gasteiger partial charge in [0.05, 0.1) is 0 Å². The van der Waals surface area contributed by atoms with Crippen LogP contribution in [0.3, 0.4) is 0 Å². The molecule has 0 spiro atoms. The number of rotatable bonds is 2. The lowest BCUT2D eigenvalue weighted by Gasteiger charge is -2.27. The molecule has 72 valence electrons. The largest absolute Gasteiger partial charge is 0.368 e. The molecule has 1 N–H and O–H groups in total. The number of nitrogens with zero attached hydrogens (tertiary/aromatic N) is 2. The fourth-order valence-electron chi connectivity index (χ4n) is 1.83. The van der Waals surface area contributed by atoms with Crippen molar-refractivity contribution in [2.24, 2.45) is 0 Å². The summed E-state index contributed by atoms with van der Waals surface area (Å²) in [7, 11) is 0. The first-order valence-corrected chi connectivity index (χ1v) is 5.12. The molecule has 0 atom stereocenters. The van der Waals surface area contributed by atoms with Crippen LogP contribution in [0.5, 0.6) is 0 Å². The van der Waals surface area contributed by atoms with Crippen LogP contribution in [-0.4, -0.2) is 15.4 Å². The summed E-state index contributed by atoms with van der Waals surface area (Å²) in [5.74, 6) is 1.16. The van der Waals surface area contributed by atoms with Crippen molar-refractivity contribution in [3.8, 4) is 0 Å². The molecule has 2 aromatic heterocycles. The zero-order valence-electron chi connectivity index (χ0n) is 7.98. The first kappa shape index (κ1) is 7.85. The molecule has 0 aliphatic heterocycles. The molecular formula is C11H13N3. The van der Waals surface area contributed by atoms with E-state index < -0.39 is 0 Å². The summed E-state index contributed by atoms with van der Waals surface area (Å²) in [5.41, 5.74) is 1.01. The highest BCUT2D eigenvalue weighted by Gasteiger charge is 2.17. The molecule has 0 unspecified atom stereocenters. The van der Waals surface area contributed by atoms with Gasteiger partial charge in [-0.25, -0.2) is 4.98 Å². The molecule has 0 radical (unpaired) electrons. The average Bonchev–Trinajstić information content (AvgIpc) is 2.59. The Balaban J connectivity index is 1.97. The van der Waals surface area contributed by atoms with E-state index in [1.165, 1.54) is 19.3 Å². The molecule has 0 saturated heterocycles. The Bertz CT molecular complexity index is 442. The normalized spacial score (nSPS) is 16.9. The van der Waals surface area contributed by atoms with Crippen LogP contribution in [0.1, 0.15) is 19.3 Å². The molecule has 3 nitrogen and oxygen atoms in total. The van der Waals surface area contributed by atoms with Gasteiger partial charge in [0.1, 0.15) is 11.5 Å². The Kier molecular flexibility index (Phi) is 1.69. The van der Waals surface area contributed by atoms with Gasteiger partial charge in [0.25, 0.3) is 0 Å². The highest BCUT2D eigenvalue weighted by molar-refractivity contribution is 5.50. The van der Waals surface area contributed by atoms with Crippen molar-refractivity contribution in [2.45, 2.75) is 25.3 Å². The van der Waals surface area contributed by atoms with Crippen LogP contribution in [0, 0.1) is 0 Å². The van der Waals surface area contributed by atoms with Crippen molar-refractivity contribution in [1.82, 2.24) is 9.38 Å². The number of aromatic nitrogens is 2. The molecule has 0 aromatic carbocycles. The second-order valence-corrected chi connectivity index (χ2v) is 3.84. The maximum atomic E-state index is 4.25. The van der Waals surface area contributed by atoms with Crippen LogP contribution in [0.2, 0.25) is 0 Å². The molecule has 1 aliphatic carbocycles. The van der Waals surface area contributed by atoms with Crippen molar-refractivity contribution in [3.63, 3.8) is 0 Å². The maximum Gasteiger partial charge on any atom is 0.138 e. The summed E-state index contributed by atoms with van der Waals surface area (Å²) in [4.78, 5) is 4.25. The summed E-state index contributed by atoms with van der Waals surface area (Å²) in [6.45, 7) is 0. The Labute approximate surface area is 82.8 Å². The molecule has 2 heterocycles. The van der Waals surface area contributed by atoms with Crippen LogP contribution < -0.4 is 5.32 Å². The predicted molar refractivity (Wildman–Crippen MR) is 56.5 cm³/mol. The van der Waals surface area contributed by atoms with Crippen molar-refractivity contribution >= 4 is 11.5 Å². The maximum absolute atomic E-state index is 4.25. The van der Waals surface area contributed by atoms with E-state index in [0.717, 1.165) is 11.5 Å². The molecule has 1 fully saturated rings. The lowest BCUT2D eigenvalue weighted by atomic mass is 9.93. The van der Waals surface area contributed by atoms with Gasteiger partial charge >= 0.3 is 0 Å². The smallest absolute Gasteiger partial charge is 0.138 e. The topological polar surface area (TPSA) is 29.3 Å². The monoisotopic (exact) mass is 187 g/mol. The van der Waals surface area contributed by atoms with Gasteiger partial charge in [-0.3, -0.25) is 4.40 Å². The third-order valence-corrected chi connectivity index (χ3v) is 2.89. The minimum Gasteiger partial charge on any atom is -0.368 e. The van der Waals surface area contributed by atoms with Crippen molar-refractivity contribution < 1.29 is 0 Å². The van der Waals surface area contributed by atoms with Crippen LogP contribution in [0.15, 0.2) is 30.6 Å². The minimum atomic E-state index is 0.669. The van der Waals surface area contributed by atoms with Gasteiger partial charge in [0.2, 0.25) is 0 Å². The predicted octanol–water partition coefficient (Wildman–Crippen LogP) is 2.30. The van der Waals surface area contributed by atoms with E-state index in [1.807, 2.05) is 24.5 Å². The molecule has 3 rings (SSSR count). The molecule has 1 aliphatic rings. The fourth-order valence-corrected chi connectivity index (χ4v) is 1.83. The second kappa shape index (κ2) is 3.01. The van der Waals surface area contributed by atoms with E-state index in [9.17, 15) is 0 Å². The van der Waals surface area contributed by atoms with Gasteiger partial charge < -0.3 is 5.32 Å². The van der Waals surface area contributed by atoms with Crippen LogP contribution >= 0.6 is 0 Å². The number of anilines is 1. The number of hydrogen-bond donors (Lipinski definition) is 1. The Morgan fingerprint density at radius 2 is 2.29 bits per heavy atom. The molecule has 1 saturated carbocycles. The number of fused-ring (bicyclic) bond motifs is 1. The highest BCUT2D eigenvalue weighted by atomic mass is 15.1. The first-order valence-electron chi connectivity index (χ1n) is 5.12. The van der Waals surface area contributed by atoms with Gasteiger partial charge in [-0.05, 0) is 31.4 Å². The van der Waals surface area contributed by atoms with Crippen LogP contribution in [0.4, 0.5) is 5.82 Å². The first-order chi connectivity index (χ1) is 6.93. The van der Waals surface area contributed by atoms with E-state index in [-0.39, 0.29) is 0 Å². The summed E-state index contributed by atoms with van der Waals surface area (Å²) in [5, 5.41) is 3.53. The standard InChI is InChI=1S/C11H13N3/c1-3-9(4-1)13-11-6-2-5-10-12-7-8-14(10)11/h2,5-9,13H,1,3-4H2. The molecule has 3 heteroatoms. The minimum absolute atomic E-state index is 0.669. The van der Waals surface area contributed by atoms with Crippen molar-refractivity contribution in [1.29, 1.82) is 0 Å². The zero-order chi connectivity index (χ0) is 9.38. The molecule has 0 amide bonds. The summed E-state index contributed by atoms with van der Waals surface area (Å²) in [6, 6.07) is 6.84. The van der Waals surface area contributed by atoms with Gasteiger partial charge in [-0.2, -0.15) is 0 Å². The van der Waals surface area contributed by atoms with Gasteiger partial charge in [0.15, 0.2) is 0 Å². The zero-order valence-corrected chi connectivity index (χ0v) is 7.98. The van der Waals surface area contributed by atoms with Gasteiger partial charge in [0, 0.05) is 18.4 Å². The Morgan fingerprint density at radius 3 is 3.07 bits per heavy atom. The van der Waals surface area contributed by atoms with E-state index in [1.54, 1.807) is 0 Å². The van der Waals surface area contributed by atoms with E-state index in [2.05, 4.69) is 20.8 Å². The molecule has 2 aromatic rings. The third kappa shape index (κ3) is 1.16. The highest BCUT2D eigenvalue weighted by Crippen LogP contribution is 2.23. The lowest BCUT2D eigenvalue weighted by molar-refractivity contribution is 0.444. The molecular weight excluding hydrogens is 174 g/mol. The van der Waals surface area contributed by atoms with E-state index >= 15 is 0 Å². The fraction of sp³-hybridized carbons (Fsp3) is 0.364. The van der Waals surface area contributed by atoms with Crippen LogP contribution in [-0.2, 0) is 0 Å². The third-order valence-electron chi connectivity index (χ3n) is 2.89. The van der Waals surface area contributed by atoms with Crippen LogP contribution in [0.25, 0.3) is 5.65 Å². The van der Waals surface area contributed by atoms with Crippen molar-refractivity contribution in [3.05, 3.63) is 30.6 Å². The Morgan fingerprint density at radius 1 is 1.36 bits per heavy atom. The van der Waals surface area contributed by atoms with Crippen molar-refractivity contribution in [2.75, 3.05) is 5.32 Å². The van der Waals surface area contributed by atoms with E-state index in [4.69, 9.17) is 0 Å². The number of imidazole rings is 1. The molecule has 14 heavy (non-hydrogen) atoms. The summed E-state index contributed by atoms with van der Waals surface area (Å²) >= 11 is 0. The number of hydrogen-bond acceptors (Lipinski definition) is 2. The quantitative estimate of drug-likeness (QED) is 0.781. The number of pyridine rings is 1.